The Morgan fingerprint density at radius 3 is 2.60 bits per heavy atom. The predicted molar refractivity (Wildman–Crippen MR) is 22.8 cm³/mol. The Labute approximate surface area is 43.8 Å². The van der Waals surface area contributed by atoms with Gasteiger partial charge in [0.25, 0.3) is 0 Å². The van der Waals surface area contributed by atoms with E-state index in [9.17, 15) is 2.69 Å². The van der Waals surface area contributed by atoms with E-state index < -0.39 is 24.2 Å². The summed E-state index contributed by atoms with van der Waals surface area (Å²) in [5, 5.41) is 0. The summed E-state index contributed by atoms with van der Waals surface area (Å²) >= 11 is -1.42. The number of allylic oxidation sites excluding steroid dienone is 1. The quantitative estimate of drug-likeness (QED) is 0.521. The molecule has 0 fully saturated rings. The van der Waals surface area contributed by atoms with Crippen LogP contribution in [0.2, 0.25) is 3.98 Å². The van der Waals surface area contributed by atoms with Gasteiger partial charge in [-0.05, 0) is 0 Å². The van der Waals surface area contributed by atoms with Crippen LogP contribution >= 0.6 is 0 Å². The Balaban J connectivity index is 2.65. The van der Waals surface area contributed by atoms with Crippen molar-refractivity contribution in [1.29, 1.82) is 0 Å². The molecule has 0 amide bonds. The Bertz CT molecular complexity index is 36.2. The first kappa shape index (κ1) is 5.46. The van der Waals surface area contributed by atoms with Gasteiger partial charge in [0, 0.05) is 0 Å². The number of hydrogen-bond donors (Lipinski definition) is 0. The minimum atomic E-state index is -1.42. The van der Waals surface area contributed by atoms with Gasteiger partial charge in [0.1, 0.15) is 0 Å². The average Bonchev–Trinajstić information content (AvgIpc) is 1.41. The summed E-state index contributed by atoms with van der Waals surface area (Å²) in [4.78, 5) is 0. The van der Waals surface area contributed by atoms with E-state index in [4.69, 9.17) is 0 Å². The second kappa shape index (κ2) is 4.46. The van der Waals surface area contributed by atoms with E-state index in [-0.39, 0.29) is 0 Å². The van der Waals surface area contributed by atoms with Gasteiger partial charge in [-0.15, -0.1) is 0 Å². The topological polar surface area (TPSA) is 17.1 Å². The van der Waals surface area contributed by atoms with E-state index in [1.165, 1.54) is 0 Å². The third-order valence-electron chi connectivity index (χ3n) is 0.263. The van der Waals surface area contributed by atoms with Crippen molar-refractivity contribution < 1.29 is 2.69 Å². The van der Waals surface area contributed by atoms with E-state index in [0.717, 1.165) is 3.98 Å². The fourth-order valence-electron chi connectivity index (χ4n) is 0.0680. The van der Waals surface area contributed by atoms with E-state index in [0.29, 0.717) is 0 Å². The molecule has 5 heavy (non-hydrogen) atoms. The Morgan fingerprint density at radius 2 is 2.60 bits per heavy atom. The SMILES string of the molecule is C=C[CH2][PbH]=[O]. The molecular formula is C3H6OPb. The summed E-state index contributed by atoms with van der Waals surface area (Å²) in [6.07, 6.45) is 1.71. The molecule has 0 unspecified atom stereocenters. The maximum atomic E-state index is 9.67. The molecule has 0 saturated carbocycles. The van der Waals surface area contributed by atoms with Crippen molar-refractivity contribution >= 4 is 24.2 Å². The normalized spacial score (nSPS) is 6.40. The predicted octanol–water partition coefficient (Wildman–Crippen LogP) is 0.373. The summed E-state index contributed by atoms with van der Waals surface area (Å²) in [6, 6.07) is 0. The average molecular weight is 265 g/mol. The molecule has 0 N–H and O–H groups in total. The molecule has 0 spiro atoms. The van der Waals surface area contributed by atoms with Gasteiger partial charge in [0.15, 0.2) is 0 Å². The van der Waals surface area contributed by atoms with Crippen molar-refractivity contribution in [2.75, 3.05) is 0 Å². The Morgan fingerprint density at radius 1 is 2.00 bits per heavy atom. The molecule has 0 aliphatic rings. The van der Waals surface area contributed by atoms with Gasteiger partial charge in [-0.2, -0.15) is 0 Å². The van der Waals surface area contributed by atoms with Crippen molar-refractivity contribution in [1.82, 2.24) is 0 Å². The summed E-state index contributed by atoms with van der Waals surface area (Å²) in [5.74, 6) is 0. The Hall–Kier alpha value is 0.462. The molecule has 28 valence electrons. The van der Waals surface area contributed by atoms with Gasteiger partial charge < -0.3 is 0 Å². The summed E-state index contributed by atoms with van der Waals surface area (Å²) in [7, 11) is 0. The van der Waals surface area contributed by atoms with Crippen molar-refractivity contribution in [2.45, 2.75) is 3.98 Å². The zero-order chi connectivity index (χ0) is 4.12. The van der Waals surface area contributed by atoms with Gasteiger partial charge in [0.2, 0.25) is 0 Å². The number of rotatable bonds is 2. The van der Waals surface area contributed by atoms with Crippen molar-refractivity contribution in [2.24, 2.45) is 0 Å². The van der Waals surface area contributed by atoms with Crippen LogP contribution in [-0.4, -0.2) is 24.2 Å². The molecule has 0 aromatic carbocycles. The molecule has 0 radical (unpaired) electrons. The van der Waals surface area contributed by atoms with Crippen LogP contribution in [0.25, 0.3) is 0 Å². The first-order valence-corrected chi connectivity index (χ1v) is 6.47. The van der Waals surface area contributed by atoms with E-state index in [1.54, 1.807) is 6.08 Å². The van der Waals surface area contributed by atoms with Crippen LogP contribution in [0, 0.1) is 0 Å². The van der Waals surface area contributed by atoms with Crippen LogP contribution in [0.1, 0.15) is 0 Å². The maximum absolute atomic E-state index is 9.67. The Kier molecular flexibility index (Phi) is 4.87. The molecule has 0 aromatic heterocycles. The zero-order valence-corrected chi connectivity index (χ0v) is 7.47. The van der Waals surface area contributed by atoms with Crippen molar-refractivity contribution in [3.63, 3.8) is 0 Å². The fourth-order valence-corrected chi connectivity index (χ4v) is 0.597. The molecule has 0 rings (SSSR count). The third kappa shape index (κ3) is 4.46. The van der Waals surface area contributed by atoms with Gasteiger partial charge in [-0.1, -0.05) is 0 Å². The third-order valence-corrected chi connectivity index (χ3v) is 2.31. The first-order valence-electron chi connectivity index (χ1n) is 1.46. The van der Waals surface area contributed by atoms with Crippen LogP contribution in [0.15, 0.2) is 12.7 Å². The van der Waals surface area contributed by atoms with E-state index in [2.05, 4.69) is 6.58 Å². The van der Waals surface area contributed by atoms with E-state index >= 15 is 0 Å². The van der Waals surface area contributed by atoms with Crippen LogP contribution in [0.5, 0.6) is 0 Å². The van der Waals surface area contributed by atoms with Crippen molar-refractivity contribution in [3.8, 4) is 0 Å². The monoisotopic (exact) mass is 266 g/mol. The van der Waals surface area contributed by atoms with Gasteiger partial charge in [-0.25, -0.2) is 0 Å². The van der Waals surface area contributed by atoms with Crippen LogP contribution in [-0.2, 0) is 2.69 Å². The van der Waals surface area contributed by atoms with Gasteiger partial charge in [0.05, 0.1) is 0 Å². The van der Waals surface area contributed by atoms with Crippen molar-refractivity contribution in [3.05, 3.63) is 12.7 Å². The van der Waals surface area contributed by atoms with Gasteiger partial charge >= 0.3 is 43.6 Å². The molecular weight excluding hydrogens is 259 g/mol. The summed E-state index contributed by atoms with van der Waals surface area (Å²) in [5.41, 5.74) is 0. The zero-order valence-electron chi connectivity index (χ0n) is 2.98. The van der Waals surface area contributed by atoms with Gasteiger partial charge in [-0.3, -0.25) is 0 Å². The van der Waals surface area contributed by atoms with E-state index in [1.807, 2.05) is 0 Å². The minimum absolute atomic E-state index is 0.806. The molecule has 1 nitrogen and oxygen atoms in total. The molecule has 2 heteroatoms. The van der Waals surface area contributed by atoms with Crippen LogP contribution in [0.3, 0.4) is 0 Å². The number of hydrogen-bond acceptors (Lipinski definition) is 1. The standard InChI is InChI=1S/C3H5.O.Pb.H/c1-3-2;;;/h3H,1-2H2;;;. The van der Waals surface area contributed by atoms with Crippen LogP contribution in [0.4, 0.5) is 0 Å². The molecule has 0 saturated heterocycles. The molecule has 0 aromatic rings. The summed E-state index contributed by atoms with van der Waals surface area (Å²) < 4.78 is 10.5. The first-order chi connectivity index (χ1) is 2.41. The van der Waals surface area contributed by atoms with Crippen LogP contribution < -0.4 is 0 Å². The molecule has 0 bridgehead atoms. The molecule has 0 heterocycles. The second-order valence-corrected chi connectivity index (χ2v) is 3.82. The molecule has 0 atom stereocenters. The second-order valence-electron chi connectivity index (χ2n) is 0.691. The molecule has 0 aliphatic heterocycles. The summed E-state index contributed by atoms with van der Waals surface area (Å²) in [6.45, 7) is 3.40. The fraction of sp³-hybridized carbons (Fsp3) is 0.333. The molecule has 0 aliphatic carbocycles.